The number of esters is 2. The summed E-state index contributed by atoms with van der Waals surface area (Å²) < 4.78 is 10.5. The van der Waals surface area contributed by atoms with Gasteiger partial charge in [-0.1, -0.05) is 55.1 Å². The van der Waals surface area contributed by atoms with Crippen molar-refractivity contribution in [2.45, 2.75) is 13.8 Å². The van der Waals surface area contributed by atoms with E-state index < -0.39 is 0 Å². The smallest absolute Gasteiger partial charge is 0.330 e. The molecule has 0 fully saturated rings. The van der Waals surface area contributed by atoms with Gasteiger partial charge in [-0.25, -0.2) is 9.59 Å². The molecule has 0 aliphatic heterocycles. The molecule has 0 saturated heterocycles. The highest BCUT2D eigenvalue weighted by Gasteiger charge is 1.92. The van der Waals surface area contributed by atoms with E-state index in [-0.39, 0.29) is 11.9 Å². The predicted octanol–water partition coefficient (Wildman–Crippen LogP) is 5.29. The van der Waals surface area contributed by atoms with Crippen LogP contribution in [0.4, 0.5) is 0 Å². The van der Waals surface area contributed by atoms with E-state index in [0.717, 1.165) is 11.6 Å². The number of rotatable bonds is 5. The van der Waals surface area contributed by atoms with Crippen LogP contribution in [0.2, 0.25) is 0 Å². The van der Waals surface area contributed by atoms with Gasteiger partial charge in [0.1, 0.15) is 0 Å². The summed E-state index contributed by atoms with van der Waals surface area (Å²) >= 11 is 2.28. The molecule has 2 aromatic rings. The second kappa shape index (κ2) is 17.0. The van der Waals surface area contributed by atoms with Crippen LogP contribution in [0.5, 0.6) is 0 Å². The molecule has 144 valence electrons. The van der Waals surface area contributed by atoms with Crippen LogP contribution in [0.1, 0.15) is 19.4 Å². The Morgan fingerprint density at radius 2 is 1.37 bits per heavy atom. The third-order valence-corrected chi connectivity index (χ3v) is 3.40. The average Bonchev–Trinajstić information content (AvgIpc) is 2.69. The minimum atomic E-state index is -0.359. The Hall–Kier alpha value is -2.41. The van der Waals surface area contributed by atoms with Gasteiger partial charge in [0, 0.05) is 15.7 Å². The van der Waals surface area contributed by atoms with Crippen molar-refractivity contribution in [2.75, 3.05) is 13.2 Å². The average molecular weight is 480 g/mol. The lowest BCUT2D eigenvalue weighted by Crippen LogP contribution is -1.98. The lowest BCUT2D eigenvalue weighted by molar-refractivity contribution is -0.138. The quantitative estimate of drug-likeness (QED) is 0.332. The van der Waals surface area contributed by atoms with Gasteiger partial charge < -0.3 is 9.47 Å². The van der Waals surface area contributed by atoms with Gasteiger partial charge >= 0.3 is 11.9 Å². The molecule has 5 heteroatoms. The zero-order valence-electron chi connectivity index (χ0n) is 15.6. The van der Waals surface area contributed by atoms with Crippen LogP contribution in [-0.2, 0) is 19.1 Å². The van der Waals surface area contributed by atoms with Crippen LogP contribution in [0.3, 0.4) is 0 Å². The number of hydrogen-bond acceptors (Lipinski definition) is 4. The summed E-state index contributed by atoms with van der Waals surface area (Å²) in [7, 11) is 0. The zero-order chi connectivity index (χ0) is 20.3. The fourth-order valence-electron chi connectivity index (χ4n) is 1.53. The lowest BCUT2D eigenvalue weighted by Gasteiger charge is -1.94. The minimum Gasteiger partial charge on any atom is -0.463 e. The number of ether oxygens (including phenoxy) is 2. The van der Waals surface area contributed by atoms with E-state index >= 15 is 0 Å². The molecule has 0 unspecified atom stereocenters. The molecule has 0 amide bonds. The fourth-order valence-corrected chi connectivity index (χ4v) is 1.95. The van der Waals surface area contributed by atoms with E-state index in [1.165, 1.54) is 9.65 Å². The van der Waals surface area contributed by atoms with Crippen LogP contribution >= 0.6 is 22.6 Å². The Bertz CT molecular complexity index is 682. The summed E-state index contributed by atoms with van der Waals surface area (Å²) in [6.07, 6.45) is 4.31. The number of carbonyl (C=O) groups excluding carboxylic acids is 2. The number of halogens is 1. The van der Waals surface area contributed by atoms with Crippen molar-refractivity contribution in [3.63, 3.8) is 0 Å². The summed E-state index contributed by atoms with van der Waals surface area (Å²) in [6.45, 7) is 7.58. The first-order chi connectivity index (χ1) is 13.0. The van der Waals surface area contributed by atoms with E-state index in [9.17, 15) is 9.59 Å². The Labute approximate surface area is 175 Å². The normalized spacial score (nSPS) is 9.15. The van der Waals surface area contributed by atoms with Crippen LogP contribution in [0, 0.1) is 3.57 Å². The molecule has 0 aliphatic rings. The first-order valence-electron chi connectivity index (χ1n) is 8.43. The van der Waals surface area contributed by atoms with E-state index in [1.54, 1.807) is 19.9 Å². The number of benzene rings is 2. The number of hydrogen-bond donors (Lipinski definition) is 0. The van der Waals surface area contributed by atoms with Gasteiger partial charge in [0.2, 0.25) is 0 Å². The Morgan fingerprint density at radius 1 is 0.889 bits per heavy atom. The van der Waals surface area contributed by atoms with E-state index in [1.807, 2.05) is 48.5 Å². The third-order valence-electron chi connectivity index (χ3n) is 2.68. The third kappa shape index (κ3) is 15.6. The van der Waals surface area contributed by atoms with Gasteiger partial charge in [0.05, 0.1) is 13.2 Å². The molecule has 2 aromatic carbocycles. The van der Waals surface area contributed by atoms with Crippen LogP contribution < -0.4 is 0 Å². The molecule has 0 aromatic heterocycles. The first-order valence-corrected chi connectivity index (χ1v) is 9.50. The van der Waals surface area contributed by atoms with E-state index in [4.69, 9.17) is 4.74 Å². The first kappa shape index (κ1) is 24.6. The van der Waals surface area contributed by atoms with Gasteiger partial charge in [0.25, 0.3) is 0 Å². The second-order valence-electron chi connectivity index (χ2n) is 4.75. The summed E-state index contributed by atoms with van der Waals surface area (Å²) in [4.78, 5) is 21.0. The molecule has 0 bridgehead atoms. The zero-order valence-corrected chi connectivity index (χ0v) is 17.8. The lowest BCUT2D eigenvalue weighted by atomic mass is 10.2. The van der Waals surface area contributed by atoms with Gasteiger partial charge in [-0.05, 0) is 60.2 Å². The molecular weight excluding hydrogens is 455 g/mol. The minimum absolute atomic E-state index is 0.300. The summed E-state index contributed by atoms with van der Waals surface area (Å²) in [5.41, 5.74) is 0.996. The highest BCUT2D eigenvalue weighted by Crippen LogP contribution is 2.01. The van der Waals surface area contributed by atoms with Crippen LogP contribution in [0.15, 0.2) is 79.4 Å². The van der Waals surface area contributed by atoms with Gasteiger partial charge in [0.15, 0.2) is 0 Å². The Balaban J connectivity index is 0.000000410. The molecule has 0 saturated carbocycles. The molecule has 0 spiro atoms. The Morgan fingerprint density at radius 3 is 1.74 bits per heavy atom. The molecule has 0 aliphatic carbocycles. The van der Waals surface area contributed by atoms with Crippen molar-refractivity contribution in [1.82, 2.24) is 0 Å². The van der Waals surface area contributed by atoms with Crippen molar-refractivity contribution in [3.8, 4) is 0 Å². The molecule has 0 radical (unpaired) electrons. The van der Waals surface area contributed by atoms with Crippen LogP contribution in [0.25, 0.3) is 6.08 Å². The van der Waals surface area contributed by atoms with Crippen LogP contribution in [-0.4, -0.2) is 25.2 Å². The van der Waals surface area contributed by atoms with Gasteiger partial charge in [-0.3, -0.25) is 0 Å². The monoisotopic (exact) mass is 480 g/mol. The topological polar surface area (TPSA) is 52.6 Å². The predicted molar refractivity (Wildman–Crippen MR) is 118 cm³/mol. The van der Waals surface area contributed by atoms with Crippen molar-refractivity contribution < 1.29 is 19.1 Å². The molecule has 27 heavy (non-hydrogen) atoms. The fraction of sp³-hybridized carbons (Fsp3) is 0.182. The van der Waals surface area contributed by atoms with Crippen molar-refractivity contribution >= 4 is 40.6 Å². The summed E-state index contributed by atoms with van der Waals surface area (Å²) in [5, 5.41) is 0. The van der Waals surface area contributed by atoms with E-state index in [0.29, 0.717) is 13.2 Å². The summed E-state index contributed by atoms with van der Waals surface area (Å²) in [5.74, 6) is -0.658. The molecular formula is C22H25IO4. The van der Waals surface area contributed by atoms with Crippen molar-refractivity contribution in [1.29, 1.82) is 0 Å². The maximum Gasteiger partial charge on any atom is 0.330 e. The Kier molecular flexibility index (Phi) is 15.5. The maximum absolute atomic E-state index is 10.9. The molecule has 0 N–H and O–H groups in total. The standard InChI is InChI=1S/C11H12O2.C6H5I.C5H8O2/c1-2-13-11(12)9-8-10-6-4-3-5-7-10;7-6-4-2-1-3-5-6;1-3-5(6)7-4-2/h3-9H,2H2,1H3;1-5H;3H,1,4H2,2H3/b9-8+;;. The summed E-state index contributed by atoms with van der Waals surface area (Å²) in [6, 6.07) is 19.8. The largest absolute Gasteiger partial charge is 0.463 e. The number of carbonyl (C=O) groups is 2. The second-order valence-corrected chi connectivity index (χ2v) is 5.99. The SMILES string of the molecule is C=CC(=O)OCC.CCOC(=O)/C=C/c1ccccc1.Ic1ccccc1. The van der Waals surface area contributed by atoms with Gasteiger partial charge in [-0.15, -0.1) is 0 Å². The highest BCUT2D eigenvalue weighted by atomic mass is 127. The maximum atomic E-state index is 10.9. The highest BCUT2D eigenvalue weighted by molar-refractivity contribution is 14.1. The van der Waals surface area contributed by atoms with Gasteiger partial charge in [-0.2, -0.15) is 0 Å². The molecule has 2 rings (SSSR count). The molecule has 4 nitrogen and oxygen atoms in total. The van der Waals surface area contributed by atoms with Crippen molar-refractivity contribution in [3.05, 3.63) is 88.5 Å². The molecule has 0 atom stereocenters. The van der Waals surface area contributed by atoms with E-state index in [2.05, 4.69) is 46.0 Å². The van der Waals surface area contributed by atoms with Crippen molar-refractivity contribution in [2.24, 2.45) is 0 Å². The molecule has 0 heterocycles.